The molecule has 0 aliphatic heterocycles. The standard InChI is InChI=1S/C15H25NO2/c1-6-18-13-9-7-12(8-10-13)11-16-14(2,3)15(4,5)17/h7-10,16-17H,6,11H2,1-5H3. The molecule has 0 bridgehead atoms. The van der Waals surface area contributed by atoms with Crippen LogP contribution in [0, 0.1) is 0 Å². The van der Waals surface area contributed by atoms with Crippen LogP contribution in [0.2, 0.25) is 0 Å². The van der Waals surface area contributed by atoms with Crippen molar-refractivity contribution in [3.63, 3.8) is 0 Å². The molecule has 3 nitrogen and oxygen atoms in total. The lowest BCUT2D eigenvalue weighted by Crippen LogP contribution is -2.55. The Kier molecular flexibility index (Phi) is 4.77. The number of ether oxygens (including phenoxy) is 1. The van der Waals surface area contributed by atoms with Gasteiger partial charge in [-0.3, -0.25) is 0 Å². The first-order chi connectivity index (χ1) is 8.26. The molecule has 0 aromatic heterocycles. The average Bonchev–Trinajstić information content (AvgIpc) is 2.27. The van der Waals surface area contributed by atoms with Crippen molar-refractivity contribution in [3.8, 4) is 5.75 Å². The number of aliphatic hydroxyl groups is 1. The van der Waals surface area contributed by atoms with E-state index < -0.39 is 5.60 Å². The summed E-state index contributed by atoms with van der Waals surface area (Å²) in [7, 11) is 0. The second-order valence-electron chi connectivity index (χ2n) is 5.61. The smallest absolute Gasteiger partial charge is 0.119 e. The van der Waals surface area contributed by atoms with Crippen molar-refractivity contribution in [1.29, 1.82) is 0 Å². The van der Waals surface area contributed by atoms with Crippen LogP contribution in [0.4, 0.5) is 0 Å². The van der Waals surface area contributed by atoms with Crippen molar-refractivity contribution in [1.82, 2.24) is 5.32 Å². The topological polar surface area (TPSA) is 41.5 Å². The maximum atomic E-state index is 10.1. The highest BCUT2D eigenvalue weighted by Gasteiger charge is 2.34. The van der Waals surface area contributed by atoms with Crippen LogP contribution in [0.15, 0.2) is 24.3 Å². The molecule has 0 saturated heterocycles. The molecule has 2 N–H and O–H groups in total. The minimum absolute atomic E-state index is 0.342. The highest BCUT2D eigenvalue weighted by atomic mass is 16.5. The van der Waals surface area contributed by atoms with Crippen LogP contribution in [0.1, 0.15) is 40.2 Å². The van der Waals surface area contributed by atoms with Crippen molar-refractivity contribution in [2.75, 3.05) is 6.61 Å². The van der Waals surface area contributed by atoms with E-state index in [-0.39, 0.29) is 5.54 Å². The van der Waals surface area contributed by atoms with Gasteiger partial charge in [-0.25, -0.2) is 0 Å². The number of nitrogens with one attached hydrogen (secondary N) is 1. The quantitative estimate of drug-likeness (QED) is 0.817. The van der Waals surface area contributed by atoms with Gasteiger partial charge in [0, 0.05) is 12.1 Å². The van der Waals surface area contributed by atoms with Crippen LogP contribution in [-0.2, 0) is 6.54 Å². The summed E-state index contributed by atoms with van der Waals surface area (Å²) in [6.45, 7) is 11.0. The van der Waals surface area contributed by atoms with E-state index in [0.29, 0.717) is 6.61 Å². The third-order valence-electron chi connectivity index (χ3n) is 3.50. The third kappa shape index (κ3) is 4.00. The average molecular weight is 251 g/mol. The van der Waals surface area contributed by atoms with Crippen LogP contribution in [0.25, 0.3) is 0 Å². The molecular weight excluding hydrogens is 226 g/mol. The molecule has 1 rings (SSSR count). The second-order valence-corrected chi connectivity index (χ2v) is 5.61. The largest absolute Gasteiger partial charge is 0.494 e. The van der Waals surface area contributed by atoms with E-state index in [9.17, 15) is 5.11 Å². The molecule has 0 saturated carbocycles. The van der Waals surface area contributed by atoms with Crippen molar-refractivity contribution in [2.45, 2.75) is 52.3 Å². The summed E-state index contributed by atoms with van der Waals surface area (Å²) in [5.74, 6) is 0.892. The zero-order valence-corrected chi connectivity index (χ0v) is 12.1. The molecule has 0 heterocycles. The monoisotopic (exact) mass is 251 g/mol. The van der Waals surface area contributed by atoms with Crippen LogP contribution in [0.5, 0.6) is 5.75 Å². The predicted octanol–water partition coefficient (Wildman–Crippen LogP) is 2.72. The zero-order chi connectivity index (χ0) is 13.8. The SMILES string of the molecule is CCOc1ccc(CNC(C)(C)C(C)(C)O)cc1. The molecule has 0 fully saturated rings. The molecule has 0 aliphatic rings. The maximum Gasteiger partial charge on any atom is 0.119 e. The van der Waals surface area contributed by atoms with Crippen LogP contribution >= 0.6 is 0 Å². The molecule has 1 aromatic carbocycles. The van der Waals surface area contributed by atoms with Gasteiger partial charge in [-0.2, -0.15) is 0 Å². The van der Waals surface area contributed by atoms with Gasteiger partial charge in [0.1, 0.15) is 5.75 Å². The number of hydrogen-bond acceptors (Lipinski definition) is 3. The Hall–Kier alpha value is -1.06. The highest BCUT2D eigenvalue weighted by Crippen LogP contribution is 2.21. The van der Waals surface area contributed by atoms with Crippen LogP contribution in [-0.4, -0.2) is 22.9 Å². The Morgan fingerprint density at radius 3 is 2.11 bits per heavy atom. The van der Waals surface area contributed by atoms with Gasteiger partial charge in [0.05, 0.1) is 12.2 Å². The highest BCUT2D eigenvalue weighted by molar-refractivity contribution is 5.27. The lowest BCUT2D eigenvalue weighted by Gasteiger charge is -2.38. The molecule has 0 unspecified atom stereocenters. The van der Waals surface area contributed by atoms with E-state index >= 15 is 0 Å². The molecule has 1 aromatic rings. The molecule has 0 radical (unpaired) electrons. The minimum atomic E-state index is -0.766. The number of rotatable bonds is 6. The molecule has 102 valence electrons. The molecule has 3 heteroatoms. The van der Waals surface area contributed by atoms with Crippen molar-refractivity contribution >= 4 is 0 Å². The Balaban J connectivity index is 2.59. The molecule has 0 spiro atoms. The summed E-state index contributed by atoms with van der Waals surface area (Å²) in [5.41, 5.74) is 0.0694. The molecular formula is C15H25NO2. The summed E-state index contributed by atoms with van der Waals surface area (Å²) in [6.07, 6.45) is 0. The Labute approximate surface area is 110 Å². The summed E-state index contributed by atoms with van der Waals surface area (Å²) in [6, 6.07) is 8.02. The summed E-state index contributed by atoms with van der Waals surface area (Å²) < 4.78 is 5.40. The fourth-order valence-electron chi connectivity index (χ4n) is 1.41. The Morgan fingerprint density at radius 1 is 1.11 bits per heavy atom. The van der Waals surface area contributed by atoms with Gasteiger partial charge in [0.2, 0.25) is 0 Å². The van der Waals surface area contributed by atoms with Gasteiger partial charge in [-0.05, 0) is 52.3 Å². The van der Waals surface area contributed by atoms with Gasteiger partial charge in [-0.1, -0.05) is 12.1 Å². The number of hydrogen-bond donors (Lipinski definition) is 2. The zero-order valence-electron chi connectivity index (χ0n) is 12.1. The van der Waals surface area contributed by atoms with Gasteiger partial charge >= 0.3 is 0 Å². The number of benzene rings is 1. The predicted molar refractivity (Wildman–Crippen MR) is 74.8 cm³/mol. The minimum Gasteiger partial charge on any atom is -0.494 e. The van der Waals surface area contributed by atoms with E-state index in [0.717, 1.165) is 12.3 Å². The van der Waals surface area contributed by atoms with Crippen LogP contribution < -0.4 is 10.1 Å². The summed E-state index contributed by atoms with van der Waals surface area (Å²) >= 11 is 0. The van der Waals surface area contributed by atoms with Gasteiger partial charge < -0.3 is 15.2 Å². The lowest BCUT2D eigenvalue weighted by molar-refractivity contribution is -0.00532. The lowest BCUT2D eigenvalue weighted by atomic mass is 9.86. The van der Waals surface area contributed by atoms with Crippen molar-refractivity contribution in [2.24, 2.45) is 0 Å². The van der Waals surface area contributed by atoms with E-state index in [2.05, 4.69) is 5.32 Å². The normalized spacial score (nSPS) is 12.6. The maximum absolute atomic E-state index is 10.1. The van der Waals surface area contributed by atoms with Gasteiger partial charge in [0.25, 0.3) is 0 Å². The van der Waals surface area contributed by atoms with Crippen molar-refractivity contribution < 1.29 is 9.84 Å². The van der Waals surface area contributed by atoms with E-state index in [1.54, 1.807) is 0 Å². The molecule has 18 heavy (non-hydrogen) atoms. The first kappa shape index (κ1) is 15.0. The van der Waals surface area contributed by atoms with E-state index in [1.807, 2.05) is 58.9 Å². The van der Waals surface area contributed by atoms with E-state index in [4.69, 9.17) is 4.74 Å². The Bertz CT molecular complexity index is 363. The van der Waals surface area contributed by atoms with Crippen molar-refractivity contribution in [3.05, 3.63) is 29.8 Å². The fourth-order valence-corrected chi connectivity index (χ4v) is 1.41. The Morgan fingerprint density at radius 2 is 1.67 bits per heavy atom. The van der Waals surface area contributed by atoms with Gasteiger partial charge in [-0.15, -0.1) is 0 Å². The summed E-state index contributed by atoms with van der Waals surface area (Å²) in [4.78, 5) is 0. The fraction of sp³-hybridized carbons (Fsp3) is 0.600. The first-order valence-electron chi connectivity index (χ1n) is 6.45. The van der Waals surface area contributed by atoms with Gasteiger partial charge in [0.15, 0.2) is 0 Å². The van der Waals surface area contributed by atoms with Crippen LogP contribution in [0.3, 0.4) is 0 Å². The summed E-state index contributed by atoms with van der Waals surface area (Å²) in [5, 5.41) is 13.4. The second kappa shape index (κ2) is 5.72. The molecule has 0 amide bonds. The molecule has 0 aliphatic carbocycles. The first-order valence-corrected chi connectivity index (χ1v) is 6.45. The van der Waals surface area contributed by atoms with E-state index in [1.165, 1.54) is 5.56 Å². The third-order valence-corrected chi connectivity index (χ3v) is 3.50. The molecule has 0 atom stereocenters.